The summed E-state index contributed by atoms with van der Waals surface area (Å²) in [4.78, 5) is 20.8. The fourth-order valence-electron chi connectivity index (χ4n) is 0.472. The average Bonchev–Trinajstić information content (AvgIpc) is 1.99. The van der Waals surface area contributed by atoms with E-state index in [0.717, 1.165) is 6.42 Å². The molecule has 5 heteroatoms. The van der Waals surface area contributed by atoms with Crippen LogP contribution in [0.5, 0.6) is 0 Å². The third-order valence-corrected chi connectivity index (χ3v) is 1.42. The van der Waals surface area contributed by atoms with Gasteiger partial charge < -0.3 is 10.5 Å². The van der Waals surface area contributed by atoms with Crippen LogP contribution in [0.25, 0.3) is 0 Å². The molecule has 12 heavy (non-hydrogen) atoms. The minimum atomic E-state index is -0.899. The monoisotopic (exact) mass is 174 g/mol. The standard InChI is InChI=1S/C7H14N2O3/c1-3-5(2)4-12-7(11)9-6(8)10/h5H,3-4H2,1-2H3,(H3,8,9,10,11). The smallest absolute Gasteiger partial charge is 0.415 e. The summed E-state index contributed by atoms with van der Waals surface area (Å²) >= 11 is 0. The van der Waals surface area contributed by atoms with Gasteiger partial charge in [0.25, 0.3) is 0 Å². The highest BCUT2D eigenvalue weighted by molar-refractivity contribution is 5.89. The zero-order valence-corrected chi connectivity index (χ0v) is 7.29. The Bertz CT molecular complexity index is 170. The van der Waals surface area contributed by atoms with Crippen LogP contribution < -0.4 is 11.1 Å². The second-order valence-corrected chi connectivity index (χ2v) is 2.60. The predicted octanol–water partition coefficient (Wildman–Crippen LogP) is 0.837. The number of rotatable bonds is 3. The maximum atomic E-state index is 10.6. The quantitative estimate of drug-likeness (QED) is 0.665. The zero-order valence-electron chi connectivity index (χ0n) is 7.29. The summed E-state index contributed by atoms with van der Waals surface area (Å²) in [6.45, 7) is 4.23. The second-order valence-electron chi connectivity index (χ2n) is 2.60. The van der Waals surface area contributed by atoms with E-state index >= 15 is 0 Å². The number of hydrogen-bond acceptors (Lipinski definition) is 3. The molecule has 3 amide bonds. The molecule has 0 aliphatic heterocycles. The van der Waals surface area contributed by atoms with E-state index in [9.17, 15) is 9.59 Å². The fraction of sp³-hybridized carbons (Fsp3) is 0.714. The first-order valence-corrected chi connectivity index (χ1v) is 3.79. The molecule has 3 N–H and O–H groups in total. The Labute approximate surface area is 71.3 Å². The third kappa shape index (κ3) is 5.52. The first kappa shape index (κ1) is 10.7. The molecule has 0 rings (SSSR count). The van der Waals surface area contributed by atoms with Crippen LogP contribution in [0.3, 0.4) is 0 Å². The first-order valence-electron chi connectivity index (χ1n) is 3.79. The number of alkyl carbamates (subject to hydrolysis) is 1. The van der Waals surface area contributed by atoms with Gasteiger partial charge in [0, 0.05) is 0 Å². The van der Waals surface area contributed by atoms with Crippen molar-refractivity contribution in [3.05, 3.63) is 0 Å². The molecule has 0 radical (unpaired) electrons. The molecule has 1 atom stereocenters. The van der Waals surface area contributed by atoms with Crippen LogP contribution in [-0.4, -0.2) is 18.7 Å². The van der Waals surface area contributed by atoms with E-state index < -0.39 is 12.1 Å². The molecule has 0 saturated heterocycles. The number of carbonyl (C=O) groups is 2. The Morgan fingerprint density at radius 2 is 2.17 bits per heavy atom. The summed E-state index contributed by atoms with van der Waals surface area (Å²) in [5.41, 5.74) is 4.68. The van der Waals surface area contributed by atoms with Crippen LogP contribution >= 0.6 is 0 Å². The van der Waals surface area contributed by atoms with Crippen LogP contribution in [0, 0.1) is 5.92 Å². The van der Waals surface area contributed by atoms with Crippen molar-refractivity contribution >= 4 is 12.1 Å². The molecule has 70 valence electrons. The first-order chi connectivity index (χ1) is 5.56. The van der Waals surface area contributed by atoms with Gasteiger partial charge in [-0.3, -0.25) is 0 Å². The Balaban J connectivity index is 3.50. The van der Waals surface area contributed by atoms with E-state index in [1.165, 1.54) is 0 Å². The normalized spacial score (nSPS) is 11.8. The summed E-state index contributed by atoms with van der Waals surface area (Å²) < 4.78 is 4.65. The molecular formula is C7H14N2O3. The van der Waals surface area contributed by atoms with Gasteiger partial charge in [-0.1, -0.05) is 20.3 Å². The molecule has 0 bridgehead atoms. The van der Waals surface area contributed by atoms with Crippen LogP contribution in [0.15, 0.2) is 0 Å². The lowest BCUT2D eigenvalue weighted by molar-refractivity contribution is 0.131. The number of nitrogens with one attached hydrogen (secondary N) is 1. The molecule has 0 aromatic heterocycles. The largest absolute Gasteiger partial charge is 0.449 e. The highest BCUT2D eigenvalue weighted by Gasteiger charge is 2.06. The van der Waals surface area contributed by atoms with E-state index in [4.69, 9.17) is 0 Å². The molecule has 0 aliphatic rings. The van der Waals surface area contributed by atoms with E-state index in [1.807, 2.05) is 13.8 Å². The number of imide groups is 1. The van der Waals surface area contributed by atoms with Crippen molar-refractivity contribution in [2.45, 2.75) is 20.3 Å². The molecule has 0 aliphatic carbocycles. The number of hydrogen-bond donors (Lipinski definition) is 2. The number of carbonyl (C=O) groups excluding carboxylic acids is 2. The van der Waals surface area contributed by atoms with Gasteiger partial charge >= 0.3 is 12.1 Å². The van der Waals surface area contributed by atoms with Gasteiger partial charge in [0.1, 0.15) is 0 Å². The van der Waals surface area contributed by atoms with Gasteiger partial charge in [0.2, 0.25) is 0 Å². The molecule has 0 heterocycles. The Morgan fingerprint density at radius 3 is 2.58 bits per heavy atom. The summed E-state index contributed by atoms with van der Waals surface area (Å²) in [7, 11) is 0. The van der Waals surface area contributed by atoms with Crippen LogP contribution in [0.4, 0.5) is 9.59 Å². The molecule has 1 unspecified atom stereocenters. The van der Waals surface area contributed by atoms with Gasteiger partial charge in [-0.05, 0) is 5.92 Å². The van der Waals surface area contributed by atoms with Gasteiger partial charge in [0.05, 0.1) is 6.61 Å². The Kier molecular flexibility index (Phi) is 4.83. The highest BCUT2D eigenvalue weighted by atomic mass is 16.5. The molecule has 0 aromatic rings. The van der Waals surface area contributed by atoms with Crippen molar-refractivity contribution in [2.75, 3.05) is 6.61 Å². The van der Waals surface area contributed by atoms with Crippen molar-refractivity contribution in [3.8, 4) is 0 Å². The second kappa shape index (κ2) is 5.40. The summed E-state index contributed by atoms with van der Waals surface area (Å²) in [5.74, 6) is 0.295. The molecule has 0 aromatic carbocycles. The molecule has 0 fully saturated rings. The van der Waals surface area contributed by atoms with Gasteiger partial charge in [-0.25, -0.2) is 14.9 Å². The third-order valence-electron chi connectivity index (χ3n) is 1.42. The van der Waals surface area contributed by atoms with Crippen LogP contribution in [0.1, 0.15) is 20.3 Å². The van der Waals surface area contributed by atoms with Gasteiger partial charge in [0.15, 0.2) is 0 Å². The van der Waals surface area contributed by atoms with Crippen molar-refractivity contribution in [2.24, 2.45) is 11.7 Å². The number of urea groups is 1. The molecule has 5 nitrogen and oxygen atoms in total. The average molecular weight is 174 g/mol. The lowest BCUT2D eigenvalue weighted by atomic mass is 10.1. The van der Waals surface area contributed by atoms with Gasteiger partial charge in [-0.15, -0.1) is 0 Å². The summed E-state index contributed by atoms with van der Waals surface area (Å²) in [6, 6.07) is -0.899. The predicted molar refractivity (Wildman–Crippen MR) is 43.5 cm³/mol. The minimum absolute atomic E-state index is 0.295. The summed E-state index contributed by atoms with van der Waals surface area (Å²) in [6.07, 6.45) is 0.131. The zero-order chi connectivity index (χ0) is 9.56. The van der Waals surface area contributed by atoms with Crippen molar-refractivity contribution < 1.29 is 14.3 Å². The van der Waals surface area contributed by atoms with Crippen molar-refractivity contribution in [1.82, 2.24) is 5.32 Å². The van der Waals surface area contributed by atoms with Crippen LogP contribution in [-0.2, 0) is 4.74 Å². The fourth-order valence-corrected chi connectivity index (χ4v) is 0.472. The topological polar surface area (TPSA) is 81.4 Å². The number of ether oxygens (including phenoxy) is 1. The molecular weight excluding hydrogens is 160 g/mol. The van der Waals surface area contributed by atoms with E-state index in [0.29, 0.717) is 12.5 Å². The maximum absolute atomic E-state index is 10.6. The Hall–Kier alpha value is -1.26. The van der Waals surface area contributed by atoms with Crippen LogP contribution in [0.2, 0.25) is 0 Å². The molecule has 0 saturated carbocycles. The van der Waals surface area contributed by atoms with E-state index in [2.05, 4.69) is 10.5 Å². The SMILES string of the molecule is CCC(C)COC(=O)NC(N)=O. The van der Waals surface area contributed by atoms with Crippen molar-refractivity contribution in [3.63, 3.8) is 0 Å². The number of amides is 3. The Morgan fingerprint density at radius 1 is 1.58 bits per heavy atom. The van der Waals surface area contributed by atoms with E-state index in [1.54, 1.807) is 5.32 Å². The van der Waals surface area contributed by atoms with E-state index in [-0.39, 0.29) is 0 Å². The number of nitrogens with two attached hydrogens (primary N) is 1. The summed E-state index contributed by atoms with van der Waals surface area (Å²) in [5, 5.41) is 1.80. The minimum Gasteiger partial charge on any atom is -0.449 e. The highest BCUT2D eigenvalue weighted by Crippen LogP contribution is 2.00. The lowest BCUT2D eigenvalue weighted by Crippen LogP contribution is -2.36. The number of primary amides is 1. The lowest BCUT2D eigenvalue weighted by Gasteiger charge is -2.08. The maximum Gasteiger partial charge on any atom is 0.415 e. The van der Waals surface area contributed by atoms with Gasteiger partial charge in [-0.2, -0.15) is 0 Å². The van der Waals surface area contributed by atoms with Crippen molar-refractivity contribution in [1.29, 1.82) is 0 Å². The molecule has 0 spiro atoms.